The highest BCUT2D eigenvalue weighted by molar-refractivity contribution is 5.30. The zero-order valence-electron chi connectivity index (χ0n) is 12.6. The third-order valence-corrected chi connectivity index (χ3v) is 4.52. The standard InChI is InChI=1S/C17H25N3/c1-16(2)8-11-20(12-9-16)13-10-17(19,14-18)15-6-4-3-5-7-15/h3-7H,8-13,19H2,1-2H3. The molecule has 1 aliphatic heterocycles. The highest BCUT2D eigenvalue weighted by Gasteiger charge is 2.30. The van der Waals surface area contributed by atoms with Crippen LogP contribution in [0.3, 0.4) is 0 Å². The first kappa shape index (κ1) is 15.0. The quantitative estimate of drug-likeness (QED) is 0.916. The van der Waals surface area contributed by atoms with Gasteiger partial charge in [-0.25, -0.2) is 0 Å². The summed E-state index contributed by atoms with van der Waals surface area (Å²) in [5.74, 6) is 0. The molecule has 3 heteroatoms. The van der Waals surface area contributed by atoms with Crippen LogP contribution in [0.4, 0.5) is 0 Å². The maximum absolute atomic E-state index is 9.46. The van der Waals surface area contributed by atoms with Crippen LogP contribution >= 0.6 is 0 Å². The maximum Gasteiger partial charge on any atom is 0.131 e. The summed E-state index contributed by atoms with van der Waals surface area (Å²) >= 11 is 0. The second-order valence-corrected chi connectivity index (χ2v) is 6.71. The second-order valence-electron chi connectivity index (χ2n) is 6.71. The number of rotatable bonds is 4. The van der Waals surface area contributed by atoms with Crippen molar-refractivity contribution in [3.8, 4) is 6.07 Å². The van der Waals surface area contributed by atoms with Gasteiger partial charge in [0.2, 0.25) is 0 Å². The first-order valence-corrected chi connectivity index (χ1v) is 7.43. The molecule has 1 aromatic carbocycles. The van der Waals surface area contributed by atoms with Crippen molar-refractivity contribution in [2.75, 3.05) is 19.6 Å². The van der Waals surface area contributed by atoms with E-state index >= 15 is 0 Å². The number of benzene rings is 1. The lowest BCUT2D eigenvalue weighted by molar-refractivity contribution is 0.127. The molecule has 0 bridgehead atoms. The Morgan fingerprint density at radius 1 is 1.25 bits per heavy atom. The van der Waals surface area contributed by atoms with E-state index < -0.39 is 5.54 Å². The van der Waals surface area contributed by atoms with Gasteiger partial charge in [-0.2, -0.15) is 5.26 Å². The third-order valence-electron chi connectivity index (χ3n) is 4.52. The summed E-state index contributed by atoms with van der Waals surface area (Å²) in [5.41, 5.74) is 6.81. The molecule has 20 heavy (non-hydrogen) atoms. The Hall–Kier alpha value is -1.37. The van der Waals surface area contributed by atoms with Gasteiger partial charge in [0.15, 0.2) is 0 Å². The van der Waals surface area contributed by atoms with Crippen LogP contribution in [-0.4, -0.2) is 24.5 Å². The van der Waals surface area contributed by atoms with E-state index in [9.17, 15) is 5.26 Å². The van der Waals surface area contributed by atoms with Crippen molar-refractivity contribution in [1.82, 2.24) is 4.90 Å². The number of piperidine rings is 1. The number of hydrogen-bond donors (Lipinski definition) is 1. The third kappa shape index (κ3) is 3.59. The van der Waals surface area contributed by atoms with Crippen LogP contribution in [0.1, 0.15) is 38.7 Å². The Morgan fingerprint density at radius 2 is 1.85 bits per heavy atom. The molecule has 1 heterocycles. The zero-order valence-corrected chi connectivity index (χ0v) is 12.6. The van der Waals surface area contributed by atoms with Gasteiger partial charge in [-0.1, -0.05) is 44.2 Å². The number of likely N-dealkylation sites (tertiary alicyclic amines) is 1. The predicted molar refractivity (Wildman–Crippen MR) is 82.0 cm³/mol. The van der Waals surface area contributed by atoms with Crippen LogP contribution < -0.4 is 5.73 Å². The summed E-state index contributed by atoms with van der Waals surface area (Å²) in [4.78, 5) is 2.44. The molecule has 0 aromatic heterocycles. The molecule has 0 saturated carbocycles. The molecule has 2 rings (SSSR count). The Balaban J connectivity index is 1.94. The van der Waals surface area contributed by atoms with Crippen LogP contribution in [-0.2, 0) is 5.54 Å². The van der Waals surface area contributed by atoms with Crippen molar-refractivity contribution in [2.24, 2.45) is 11.1 Å². The molecule has 1 aliphatic rings. The fourth-order valence-electron chi connectivity index (χ4n) is 2.72. The average Bonchev–Trinajstić information content (AvgIpc) is 2.47. The van der Waals surface area contributed by atoms with Crippen LogP contribution in [0.15, 0.2) is 30.3 Å². The normalized spacial score (nSPS) is 21.9. The van der Waals surface area contributed by atoms with Crippen molar-refractivity contribution < 1.29 is 0 Å². The minimum Gasteiger partial charge on any atom is -0.310 e. The Labute approximate surface area is 122 Å². The molecular formula is C17H25N3. The Bertz CT molecular complexity index is 465. The molecule has 2 N–H and O–H groups in total. The number of nitrogens with two attached hydrogens (primary N) is 1. The highest BCUT2D eigenvalue weighted by Crippen LogP contribution is 2.30. The molecule has 0 amide bonds. The van der Waals surface area contributed by atoms with E-state index in [0.29, 0.717) is 11.8 Å². The van der Waals surface area contributed by atoms with E-state index in [2.05, 4.69) is 24.8 Å². The first-order valence-electron chi connectivity index (χ1n) is 7.43. The lowest BCUT2D eigenvalue weighted by Gasteiger charge is -2.37. The summed E-state index contributed by atoms with van der Waals surface area (Å²) in [5, 5.41) is 9.46. The van der Waals surface area contributed by atoms with Crippen LogP contribution in [0.5, 0.6) is 0 Å². The average molecular weight is 271 g/mol. The lowest BCUT2D eigenvalue weighted by atomic mass is 9.82. The SMILES string of the molecule is CC1(C)CCN(CCC(N)(C#N)c2ccccc2)CC1. The summed E-state index contributed by atoms with van der Waals surface area (Å²) in [6, 6.07) is 12.0. The fourth-order valence-corrected chi connectivity index (χ4v) is 2.72. The van der Waals surface area contributed by atoms with Gasteiger partial charge in [-0.15, -0.1) is 0 Å². The maximum atomic E-state index is 9.46. The van der Waals surface area contributed by atoms with Crippen molar-refractivity contribution in [2.45, 2.75) is 38.6 Å². The smallest absolute Gasteiger partial charge is 0.131 e. The number of nitrogens with zero attached hydrogens (tertiary/aromatic N) is 2. The lowest BCUT2D eigenvalue weighted by Crippen LogP contribution is -2.43. The monoisotopic (exact) mass is 271 g/mol. The van der Waals surface area contributed by atoms with Gasteiger partial charge < -0.3 is 10.6 Å². The highest BCUT2D eigenvalue weighted by atomic mass is 15.1. The number of nitriles is 1. The molecule has 0 spiro atoms. The zero-order chi connectivity index (χ0) is 14.6. The van der Waals surface area contributed by atoms with E-state index in [-0.39, 0.29) is 0 Å². The van der Waals surface area contributed by atoms with Crippen LogP contribution in [0.2, 0.25) is 0 Å². The van der Waals surface area contributed by atoms with Gasteiger partial charge in [-0.3, -0.25) is 0 Å². The second kappa shape index (κ2) is 5.95. The largest absolute Gasteiger partial charge is 0.310 e. The fraction of sp³-hybridized carbons (Fsp3) is 0.588. The van der Waals surface area contributed by atoms with Gasteiger partial charge >= 0.3 is 0 Å². The molecule has 1 aromatic rings. The Kier molecular flexibility index (Phi) is 4.47. The van der Waals surface area contributed by atoms with Crippen molar-refractivity contribution in [1.29, 1.82) is 5.26 Å². The Morgan fingerprint density at radius 3 is 2.40 bits per heavy atom. The first-order chi connectivity index (χ1) is 9.45. The van der Waals surface area contributed by atoms with Gasteiger partial charge in [-0.05, 0) is 43.3 Å². The molecular weight excluding hydrogens is 246 g/mol. The minimum absolute atomic E-state index is 0.463. The summed E-state index contributed by atoms with van der Waals surface area (Å²) < 4.78 is 0. The van der Waals surface area contributed by atoms with Gasteiger partial charge in [0.05, 0.1) is 6.07 Å². The van der Waals surface area contributed by atoms with Crippen molar-refractivity contribution in [3.63, 3.8) is 0 Å². The van der Waals surface area contributed by atoms with E-state index in [4.69, 9.17) is 5.73 Å². The van der Waals surface area contributed by atoms with Gasteiger partial charge in [0.25, 0.3) is 0 Å². The number of hydrogen-bond acceptors (Lipinski definition) is 3. The summed E-state index contributed by atoms with van der Waals surface area (Å²) in [6.45, 7) is 7.79. The van der Waals surface area contributed by atoms with E-state index in [1.807, 2.05) is 30.3 Å². The molecule has 0 aliphatic carbocycles. The summed E-state index contributed by atoms with van der Waals surface area (Å²) in [6.07, 6.45) is 3.14. The van der Waals surface area contributed by atoms with Crippen LogP contribution in [0, 0.1) is 16.7 Å². The van der Waals surface area contributed by atoms with E-state index in [0.717, 1.165) is 25.2 Å². The minimum atomic E-state index is -0.867. The van der Waals surface area contributed by atoms with Gasteiger partial charge in [0.1, 0.15) is 5.54 Å². The van der Waals surface area contributed by atoms with E-state index in [1.165, 1.54) is 12.8 Å². The molecule has 0 radical (unpaired) electrons. The predicted octanol–water partition coefficient (Wildman–Crippen LogP) is 2.88. The molecule has 108 valence electrons. The van der Waals surface area contributed by atoms with Gasteiger partial charge in [0, 0.05) is 6.54 Å². The molecule has 1 fully saturated rings. The van der Waals surface area contributed by atoms with Crippen molar-refractivity contribution >= 4 is 0 Å². The molecule has 3 nitrogen and oxygen atoms in total. The summed E-state index contributed by atoms with van der Waals surface area (Å²) in [7, 11) is 0. The molecule has 1 atom stereocenters. The van der Waals surface area contributed by atoms with Crippen molar-refractivity contribution in [3.05, 3.63) is 35.9 Å². The topological polar surface area (TPSA) is 53.0 Å². The molecule has 1 unspecified atom stereocenters. The van der Waals surface area contributed by atoms with Crippen LogP contribution in [0.25, 0.3) is 0 Å². The molecule has 1 saturated heterocycles. The van der Waals surface area contributed by atoms with E-state index in [1.54, 1.807) is 0 Å².